The summed E-state index contributed by atoms with van der Waals surface area (Å²) < 4.78 is 8.39. The van der Waals surface area contributed by atoms with E-state index in [9.17, 15) is 9.59 Å². The van der Waals surface area contributed by atoms with Crippen molar-refractivity contribution >= 4 is 34.4 Å². The highest BCUT2D eigenvalue weighted by Crippen LogP contribution is 2.36. The summed E-state index contributed by atoms with van der Waals surface area (Å²) in [5.41, 5.74) is 4.24. The molecule has 0 aliphatic rings. The first-order valence-corrected chi connectivity index (χ1v) is 11.0. The van der Waals surface area contributed by atoms with Gasteiger partial charge in [-0.1, -0.05) is 41.6 Å². The lowest BCUT2D eigenvalue weighted by Gasteiger charge is -2.13. The maximum absolute atomic E-state index is 12.9. The van der Waals surface area contributed by atoms with Crippen LogP contribution in [-0.2, 0) is 25.3 Å². The number of nitrogens with one attached hydrogen (secondary N) is 1. The van der Waals surface area contributed by atoms with E-state index in [0.717, 1.165) is 32.1 Å². The number of hydrogen-bond donors (Lipinski definition) is 1. The number of amides is 1. The molecule has 4 rings (SSSR count). The molecular weight excluding hydrogens is 422 g/mol. The topological polar surface area (TPSA) is 65.3 Å². The van der Waals surface area contributed by atoms with E-state index >= 15 is 0 Å². The van der Waals surface area contributed by atoms with E-state index in [0.29, 0.717) is 5.69 Å². The lowest BCUT2D eigenvalue weighted by molar-refractivity contribution is -0.115. The standard InChI is InChI=1S/C25H25N3O3S/c1-16-5-11-19(12-6-16)32-23-15-22-21(27(2)25(30)28(22)3)14-20(23)26-24(29)13-17-7-9-18(31-4)10-8-17/h5-12,14-15H,13H2,1-4H3,(H,26,29). The molecule has 3 aromatic carbocycles. The fourth-order valence-corrected chi connectivity index (χ4v) is 4.48. The van der Waals surface area contributed by atoms with Gasteiger partial charge in [0.2, 0.25) is 5.91 Å². The van der Waals surface area contributed by atoms with Crippen LogP contribution in [-0.4, -0.2) is 22.2 Å². The van der Waals surface area contributed by atoms with Gasteiger partial charge in [0.1, 0.15) is 5.75 Å². The maximum atomic E-state index is 12.9. The third-order valence-electron chi connectivity index (χ3n) is 5.42. The van der Waals surface area contributed by atoms with Gasteiger partial charge in [-0.2, -0.15) is 0 Å². The number of imidazole rings is 1. The number of methoxy groups -OCH3 is 1. The van der Waals surface area contributed by atoms with E-state index in [4.69, 9.17) is 4.74 Å². The van der Waals surface area contributed by atoms with E-state index in [-0.39, 0.29) is 18.0 Å². The second kappa shape index (κ2) is 8.96. The molecule has 0 saturated heterocycles. The summed E-state index contributed by atoms with van der Waals surface area (Å²) >= 11 is 1.56. The summed E-state index contributed by atoms with van der Waals surface area (Å²) in [4.78, 5) is 27.2. The lowest BCUT2D eigenvalue weighted by atomic mass is 10.1. The summed E-state index contributed by atoms with van der Waals surface area (Å²) in [7, 11) is 5.11. The normalized spacial score (nSPS) is 11.0. The molecule has 1 aromatic heterocycles. The lowest BCUT2D eigenvalue weighted by Crippen LogP contribution is -2.19. The first-order valence-electron chi connectivity index (χ1n) is 10.2. The van der Waals surface area contributed by atoms with Crippen LogP contribution < -0.4 is 15.7 Å². The molecule has 1 N–H and O–H groups in total. The molecule has 164 valence electrons. The molecule has 6 nitrogen and oxygen atoms in total. The Morgan fingerprint density at radius 2 is 1.59 bits per heavy atom. The Labute approximate surface area is 190 Å². The molecule has 4 aromatic rings. The van der Waals surface area contributed by atoms with E-state index in [1.165, 1.54) is 5.56 Å². The van der Waals surface area contributed by atoms with Crippen LogP contribution in [0.3, 0.4) is 0 Å². The smallest absolute Gasteiger partial charge is 0.328 e. The number of ether oxygens (including phenoxy) is 1. The third-order valence-corrected chi connectivity index (χ3v) is 6.49. The number of carbonyl (C=O) groups is 1. The molecule has 1 amide bonds. The molecule has 0 atom stereocenters. The highest BCUT2D eigenvalue weighted by Gasteiger charge is 2.16. The summed E-state index contributed by atoms with van der Waals surface area (Å²) in [6, 6.07) is 19.5. The Bertz CT molecular complexity index is 1340. The van der Waals surface area contributed by atoms with Crippen molar-refractivity contribution in [2.24, 2.45) is 14.1 Å². The van der Waals surface area contributed by atoms with E-state index in [1.54, 1.807) is 42.1 Å². The van der Waals surface area contributed by atoms with Gasteiger partial charge in [0.05, 0.1) is 30.3 Å². The Hall–Kier alpha value is -3.45. The molecule has 32 heavy (non-hydrogen) atoms. The average molecular weight is 448 g/mol. The SMILES string of the molecule is COc1ccc(CC(=O)Nc2cc3c(cc2Sc2ccc(C)cc2)n(C)c(=O)n3C)cc1. The van der Waals surface area contributed by atoms with Crippen molar-refractivity contribution in [3.8, 4) is 5.75 Å². The zero-order chi connectivity index (χ0) is 22.8. The number of anilines is 1. The average Bonchev–Trinajstić information content (AvgIpc) is 2.99. The molecule has 0 unspecified atom stereocenters. The quantitative estimate of drug-likeness (QED) is 0.472. The zero-order valence-electron chi connectivity index (χ0n) is 18.5. The van der Waals surface area contributed by atoms with Gasteiger partial charge < -0.3 is 10.1 Å². The minimum atomic E-state index is -0.124. The number of nitrogens with zero attached hydrogens (tertiary/aromatic N) is 2. The summed E-state index contributed by atoms with van der Waals surface area (Å²) in [5.74, 6) is 0.627. The minimum absolute atomic E-state index is 0.104. The van der Waals surface area contributed by atoms with Gasteiger partial charge >= 0.3 is 5.69 Å². The number of benzene rings is 3. The Kier molecular flexibility index (Phi) is 6.10. The van der Waals surface area contributed by atoms with Gasteiger partial charge in [-0.25, -0.2) is 4.79 Å². The van der Waals surface area contributed by atoms with E-state index < -0.39 is 0 Å². The highest BCUT2D eigenvalue weighted by atomic mass is 32.2. The van der Waals surface area contributed by atoms with Gasteiger partial charge in [0.25, 0.3) is 0 Å². The van der Waals surface area contributed by atoms with Crippen LogP contribution in [0.25, 0.3) is 11.0 Å². The van der Waals surface area contributed by atoms with E-state index in [1.807, 2.05) is 43.3 Å². The molecular formula is C25H25N3O3S. The highest BCUT2D eigenvalue weighted by molar-refractivity contribution is 7.99. The van der Waals surface area contributed by atoms with Crippen molar-refractivity contribution in [1.82, 2.24) is 9.13 Å². The molecule has 0 bridgehead atoms. The molecule has 0 aliphatic heterocycles. The second-order valence-electron chi connectivity index (χ2n) is 7.73. The van der Waals surface area contributed by atoms with Gasteiger partial charge in [-0.05, 0) is 48.9 Å². The van der Waals surface area contributed by atoms with Crippen molar-refractivity contribution < 1.29 is 9.53 Å². The monoisotopic (exact) mass is 447 g/mol. The fraction of sp³-hybridized carbons (Fsp3) is 0.200. The number of carbonyl (C=O) groups excluding carboxylic acids is 1. The number of aryl methyl sites for hydroxylation is 3. The number of hydrogen-bond acceptors (Lipinski definition) is 4. The van der Waals surface area contributed by atoms with Crippen molar-refractivity contribution in [1.29, 1.82) is 0 Å². The van der Waals surface area contributed by atoms with Gasteiger partial charge in [-0.3, -0.25) is 13.9 Å². The van der Waals surface area contributed by atoms with Crippen molar-refractivity contribution in [3.05, 3.63) is 82.3 Å². The van der Waals surface area contributed by atoms with Crippen LogP contribution in [0.15, 0.2) is 75.2 Å². The van der Waals surface area contributed by atoms with E-state index in [2.05, 4.69) is 29.6 Å². The second-order valence-corrected chi connectivity index (χ2v) is 8.84. The van der Waals surface area contributed by atoms with Crippen LogP contribution in [0, 0.1) is 6.92 Å². The van der Waals surface area contributed by atoms with Gasteiger partial charge in [0.15, 0.2) is 0 Å². The van der Waals surface area contributed by atoms with Crippen molar-refractivity contribution in [3.63, 3.8) is 0 Å². The fourth-order valence-electron chi connectivity index (χ4n) is 3.56. The van der Waals surface area contributed by atoms with Crippen LogP contribution in [0.5, 0.6) is 5.75 Å². The Balaban J connectivity index is 1.68. The summed E-state index contributed by atoms with van der Waals surface area (Å²) in [6.45, 7) is 2.05. The summed E-state index contributed by atoms with van der Waals surface area (Å²) in [5, 5.41) is 3.05. The molecule has 7 heteroatoms. The predicted octanol–water partition coefficient (Wildman–Crippen LogP) is 4.53. The predicted molar refractivity (Wildman–Crippen MR) is 129 cm³/mol. The Morgan fingerprint density at radius 3 is 2.22 bits per heavy atom. The van der Waals surface area contributed by atoms with Crippen LogP contribution in [0.2, 0.25) is 0 Å². The molecule has 0 aliphatic carbocycles. The minimum Gasteiger partial charge on any atom is -0.497 e. The Morgan fingerprint density at radius 1 is 0.969 bits per heavy atom. The molecule has 1 heterocycles. The first kappa shape index (κ1) is 21.8. The number of rotatable bonds is 6. The van der Waals surface area contributed by atoms with Crippen molar-refractivity contribution in [2.45, 2.75) is 23.1 Å². The first-order chi connectivity index (χ1) is 15.4. The van der Waals surface area contributed by atoms with Gasteiger partial charge in [-0.15, -0.1) is 0 Å². The van der Waals surface area contributed by atoms with Crippen LogP contribution in [0.4, 0.5) is 5.69 Å². The van der Waals surface area contributed by atoms with Crippen LogP contribution in [0.1, 0.15) is 11.1 Å². The molecule has 0 saturated carbocycles. The number of aromatic nitrogens is 2. The molecule has 0 radical (unpaired) electrons. The maximum Gasteiger partial charge on any atom is 0.328 e. The van der Waals surface area contributed by atoms with Crippen LogP contribution >= 0.6 is 11.8 Å². The third kappa shape index (κ3) is 4.43. The van der Waals surface area contributed by atoms with Gasteiger partial charge in [0, 0.05) is 23.9 Å². The molecule has 0 spiro atoms. The van der Waals surface area contributed by atoms with Crippen molar-refractivity contribution in [2.75, 3.05) is 12.4 Å². The molecule has 0 fully saturated rings. The zero-order valence-corrected chi connectivity index (χ0v) is 19.3. The summed E-state index contributed by atoms with van der Waals surface area (Å²) in [6.07, 6.45) is 0.240. The largest absolute Gasteiger partial charge is 0.497 e. The number of fused-ring (bicyclic) bond motifs is 1.